The van der Waals surface area contributed by atoms with E-state index in [4.69, 9.17) is 25.7 Å². The van der Waals surface area contributed by atoms with E-state index in [0.29, 0.717) is 57.4 Å². The molecule has 0 amide bonds. The van der Waals surface area contributed by atoms with Gasteiger partial charge in [-0.15, -0.1) is 24.0 Å². The molecule has 0 spiro atoms. The summed E-state index contributed by atoms with van der Waals surface area (Å²) in [7, 11) is -3.37. The molecule has 0 heterocycles. The predicted molar refractivity (Wildman–Crippen MR) is 204 cm³/mol. The maximum absolute atomic E-state index is 12.2. The van der Waals surface area contributed by atoms with Gasteiger partial charge < -0.3 is 30.7 Å². The first-order chi connectivity index (χ1) is 27.0. The summed E-state index contributed by atoms with van der Waals surface area (Å²) in [6.07, 6.45) is 0. The molecule has 57 heavy (non-hydrogen) atoms. The first-order valence-electron chi connectivity index (χ1n) is 15.6. The molecule has 0 saturated carbocycles. The van der Waals surface area contributed by atoms with Crippen LogP contribution in [0.5, 0.6) is 23.0 Å². The van der Waals surface area contributed by atoms with Gasteiger partial charge >= 0.3 is 0 Å². The minimum Gasteiger partial charge on any atom is -0.506 e. The fourth-order valence-corrected chi connectivity index (χ4v) is 6.94. The molecule has 0 fully saturated rings. The van der Waals surface area contributed by atoms with Crippen LogP contribution in [-0.4, -0.2) is 47.5 Å². The molecule has 23 heteroatoms. The number of nitrogens with zero attached hydrogens (tertiary/aromatic N) is 4. The van der Waals surface area contributed by atoms with E-state index in [9.17, 15) is 23.2 Å². The summed E-state index contributed by atoms with van der Waals surface area (Å²) in [6.45, 7) is 0.131. The SMILES string of the molecule is COc1cc(N=Nc2c(SOOO)cc3cc(NCOc4ccc(N)cc4)ccc3c2O)c(O)cc1N=Nc1ccc2cc(SOOO)cc(S(=O)(=O)O)c2c1.[Cu]. The number of methoxy groups -OCH3 is 1. The number of fused-ring (bicyclic) bond motifs is 2. The summed E-state index contributed by atoms with van der Waals surface area (Å²) in [5.41, 5.74) is 7.02. The van der Waals surface area contributed by atoms with Crippen molar-refractivity contribution in [1.82, 2.24) is 0 Å². The zero-order valence-corrected chi connectivity index (χ0v) is 32.2. The third kappa shape index (κ3) is 10.6. The number of nitrogen functional groups attached to an aromatic ring is 1. The number of nitrogens with one attached hydrogen (secondary N) is 1. The quantitative estimate of drug-likeness (QED) is 0.00696. The van der Waals surface area contributed by atoms with E-state index < -0.39 is 20.8 Å². The summed E-state index contributed by atoms with van der Waals surface area (Å²) in [5, 5.41) is 67.8. The van der Waals surface area contributed by atoms with Crippen LogP contribution in [0.1, 0.15) is 0 Å². The first-order valence-corrected chi connectivity index (χ1v) is 18.5. The minimum atomic E-state index is -4.71. The summed E-state index contributed by atoms with van der Waals surface area (Å²) in [5.74, 6) is 0.00645. The largest absolute Gasteiger partial charge is 0.506 e. The van der Waals surface area contributed by atoms with Gasteiger partial charge in [0.1, 0.15) is 39.2 Å². The van der Waals surface area contributed by atoms with E-state index in [2.05, 4.69) is 44.5 Å². The Balaban J connectivity index is 0.00000620. The Morgan fingerprint density at radius 3 is 2.23 bits per heavy atom. The van der Waals surface area contributed by atoms with E-state index in [0.717, 1.165) is 6.07 Å². The molecule has 8 N–H and O–H groups in total. The van der Waals surface area contributed by atoms with Gasteiger partial charge in [0.2, 0.25) is 0 Å². The molecule has 0 unspecified atom stereocenters. The van der Waals surface area contributed by atoms with Crippen molar-refractivity contribution in [3.05, 3.63) is 91.0 Å². The Morgan fingerprint density at radius 1 is 0.772 bits per heavy atom. The van der Waals surface area contributed by atoms with Gasteiger partial charge in [-0.2, -0.15) is 13.5 Å². The molecule has 0 bridgehead atoms. The van der Waals surface area contributed by atoms with Crippen molar-refractivity contribution >= 4 is 89.9 Å². The van der Waals surface area contributed by atoms with Crippen molar-refractivity contribution in [2.24, 2.45) is 20.5 Å². The molecular weight excluding hydrogens is 860 g/mol. The second kappa shape index (κ2) is 19.2. The Labute approximate surface area is 341 Å². The number of aromatic hydroxyl groups is 2. The number of phenolic OH excluding ortho intramolecular Hbond substituents is 2. The van der Waals surface area contributed by atoms with Crippen LogP contribution in [0.25, 0.3) is 21.5 Å². The molecule has 0 atom stereocenters. The average Bonchev–Trinajstić information content (AvgIpc) is 3.18. The van der Waals surface area contributed by atoms with E-state index in [1.807, 2.05) is 0 Å². The van der Waals surface area contributed by atoms with E-state index in [1.165, 1.54) is 43.5 Å². The summed E-state index contributed by atoms with van der Waals surface area (Å²) >= 11 is 1.04. The van der Waals surface area contributed by atoms with Crippen LogP contribution in [-0.2, 0) is 45.9 Å². The molecule has 0 aromatic heterocycles. The molecular formula is C34H28CuN6O13S3. The van der Waals surface area contributed by atoms with Crippen LogP contribution in [0, 0.1) is 0 Å². The van der Waals surface area contributed by atoms with Gasteiger partial charge in [0.25, 0.3) is 10.1 Å². The van der Waals surface area contributed by atoms with Gasteiger partial charge in [-0.25, -0.2) is 10.5 Å². The monoisotopic (exact) mass is 887 g/mol. The van der Waals surface area contributed by atoms with Crippen molar-refractivity contribution in [2.45, 2.75) is 14.7 Å². The third-order valence-electron chi connectivity index (χ3n) is 7.72. The zero-order chi connectivity index (χ0) is 39.8. The van der Waals surface area contributed by atoms with Crippen molar-refractivity contribution in [1.29, 1.82) is 0 Å². The second-order valence-corrected chi connectivity index (χ2v) is 14.1. The van der Waals surface area contributed by atoms with Gasteiger partial charge in [-0.3, -0.25) is 4.55 Å². The number of ether oxygens (including phenoxy) is 2. The van der Waals surface area contributed by atoms with Crippen LogP contribution < -0.4 is 20.5 Å². The molecule has 1 radical (unpaired) electrons. The molecule has 19 nitrogen and oxygen atoms in total. The number of rotatable bonds is 16. The van der Waals surface area contributed by atoms with Crippen LogP contribution in [0.2, 0.25) is 0 Å². The van der Waals surface area contributed by atoms with Crippen molar-refractivity contribution < 1.29 is 79.0 Å². The molecule has 0 aliphatic heterocycles. The number of anilines is 2. The molecule has 0 aliphatic carbocycles. The van der Waals surface area contributed by atoms with Gasteiger partial charge in [-0.1, -0.05) is 16.1 Å². The van der Waals surface area contributed by atoms with Crippen molar-refractivity contribution in [2.75, 3.05) is 24.9 Å². The number of nitrogens with two attached hydrogens (primary N) is 1. The van der Waals surface area contributed by atoms with Crippen molar-refractivity contribution in [3.8, 4) is 23.0 Å². The Bertz CT molecular complexity index is 2570. The van der Waals surface area contributed by atoms with E-state index in [1.54, 1.807) is 48.5 Å². The number of azo groups is 2. The number of hydrogen-bond acceptors (Lipinski definition) is 20. The normalized spacial score (nSPS) is 11.7. The Morgan fingerprint density at radius 2 is 1.51 bits per heavy atom. The fraction of sp³-hybridized carbons (Fsp3) is 0.0588. The number of hydrogen-bond donors (Lipinski definition) is 7. The maximum atomic E-state index is 12.2. The standard InChI is InChI=1S/C34H28N6O13S3.Cu/c1-48-30-16-27(29(41)15-28(30)39-37-22-5-2-18-11-24(54-52-50-43)14-32(26(18)13-22)56(45,46)47)38-40-33-31(55-53-51-44)12-19-10-21(6-9-25(19)34(33)42)36-17-49-23-7-3-20(35)4-8-23;/h2-16,36,41-44H,17,35H2,1H3,(H,45,46,47);. The van der Waals surface area contributed by atoms with Crippen LogP contribution in [0.15, 0.2) is 126 Å². The second-order valence-electron chi connectivity index (χ2n) is 11.2. The van der Waals surface area contributed by atoms with E-state index >= 15 is 0 Å². The maximum Gasteiger partial charge on any atom is 0.295 e. The molecule has 6 aromatic rings. The minimum absolute atomic E-state index is 0. The summed E-state index contributed by atoms with van der Waals surface area (Å²) in [6, 6.07) is 23.1. The Hall–Kier alpha value is -5.27. The molecule has 6 aromatic carbocycles. The fourth-order valence-electron chi connectivity index (χ4n) is 5.19. The summed E-state index contributed by atoms with van der Waals surface area (Å²) in [4.78, 5) is -0.0897. The van der Waals surface area contributed by atoms with Crippen molar-refractivity contribution in [3.63, 3.8) is 0 Å². The third-order valence-corrected chi connectivity index (χ3v) is 9.79. The van der Waals surface area contributed by atoms with Crippen LogP contribution in [0.4, 0.5) is 34.1 Å². The predicted octanol–water partition coefficient (Wildman–Crippen LogP) is 9.38. The smallest absolute Gasteiger partial charge is 0.295 e. The molecule has 301 valence electrons. The number of phenols is 2. The van der Waals surface area contributed by atoms with Crippen LogP contribution >= 0.6 is 24.1 Å². The first kappa shape index (κ1) is 42.9. The average molecular weight is 888 g/mol. The van der Waals surface area contributed by atoms with Gasteiger partial charge in [0, 0.05) is 56.2 Å². The Kier molecular flexibility index (Phi) is 14.5. The molecule has 0 saturated heterocycles. The van der Waals surface area contributed by atoms with Crippen LogP contribution in [0.3, 0.4) is 0 Å². The molecule has 0 aliphatic rings. The summed E-state index contributed by atoms with van der Waals surface area (Å²) < 4.78 is 54.3. The number of benzene rings is 6. The van der Waals surface area contributed by atoms with Gasteiger partial charge in [0.05, 0.1) is 41.8 Å². The van der Waals surface area contributed by atoms with Gasteiger partial charge in [-0.05, 0) is 83.6 Å². The molecule has 6 rings (SSSR count). The van der Waals surface area contributed by atoms with E-state index in [-0.39, 0.29) is 73.2 Å². The topological polar surface area (TPSA) is 278 Å². The van der Waals surface area contributed by atoms with Gasteiger partial charge in [0.15, 0.2) is 12.5 Å². The zero-order valence-electron chi connectivity index (χ0n) is 28.8.